The Morgan fingerprint density at radius 2 is 1.94 bits per heavy atom. The Bertz CT molecular complexity index is 1180. The van der Waals surface area contributed by atoms with Crippen molar-refractivity contribution in [2.45, 2.75) is 43.9 Å². The molecular formula is C26H28F2N2O4. The van der Waals surface area contributed by atoms with Crippen LogP contribution in [-0.2, 0) is 16.9 Å². The highest BCUT2D eigenvalue weighted by molar-refractivity contribution is 5.96. The molecule has 0 spiro atoms. The van der Waals surface area contributed by atoms with Crippen molar-refractivity contribution in [3.8, 4) is 0 Å². The van der Waals surface area contributed by atoms with Crippen molar-refractivity contribution in [2.24, 2.45) is 0 Å². The number of likely N-dealkylation sites (tertiary alicyclic amines) is 1. The molecule has 0 unspecified atom stereocenters. The van der Waals surface area contributed by atoms with Gasteiger partial charge in [-0.05, 0) is 67.1 Å². The van der Waals surface area contributed by atoms with E-state index in [1.807, 2.05) is 12.1 Å². The minimum Gasteiger partial charge on any atom is -0.451 e. The first-order valence-corrected chi connectivity index (χ1v) is 11.7. The van der Waals surface area contributed by atoms with Crippen LogP contribution in [0.2, 0.25) is 0 Å². The number of rotatable bonds is 6. The van der Waals surface area contributed by atoms with Crippen molar-refractivity contribution in [3.05, 3.63) is 71.0 Å². The van der Waals surface area contributed by atoms with Gasteiger partial charge in [-0.1, -0.05) is 12.1 Å². The maximum absolute atomic E-state index is 13.5. The summed E-state index contributed by atoms with van der Waals surface area (Å²) in [5, 5.41) is 15.0. The number of hydrogen-bond donors (Lipinski definition) is 2. The van der Waals surface area contributed by atoms with E-state index in [-0.39, 0.29) is 17.8 Å². The number of carbonyl (C=O) groups is 1. The molecule has 0 radical (unpaired) electrons. The highest BCUT2D eigenvalue weighted by atomic mass is 19.2. The number of fused-ring (bicyclic) bond motifs is 1. The SMILES string of the molecule is O=C(NC[C@@H]1CCCO1)c1cc2cc(C3(O)CCN(Cc4ccc(F)c(F)c4)CC3)ccc2o1. The minimum atomic E-state index is -1.00. The number of nitrogens with zero attached hydrogens (tertiary/aromatic N) is 1. The fourth-order valence-corrected chi connectivity index (χ4v) is 4.81. The van der Waals surface area contributed by atoms with Gasteiger partial charge in [-0.25, -0.2) is 8.78 Å². The molecule has 3 aromatic rings. The number of nitrogens with one attached hydrogen (secondary N) is 1. The smallest absolute Gasteiger partial charge is 0.287 e. The Morgan fingerprint density at radius 1 is 1.12 bits per heavy atom. The highest BCUT2D eigenvalue weighted by Crippen LogP contribution is 2.35. The van der Waals surface area contributed by atoms with E-state index in [1.54, 1.807) is 18.2 Å². The van der Waals surface area contributed by atoms with Gasteiger partial charge in [-0.15, -0.1) is 0 Å². The first-order valence-electron chi connectivity index (χ1n) is 11.7. The predicted octanol–water partition coefficient (Wildman–Crippen LogP) is 4.10. The van der Waals surface area contributed by atoms with Gasteiger partial charge in [0.25, 0.3) is 5.91 Å². The van der Waals surface area contributed by atoms with E-state index in [9.17, 15) is 18.7 Å². The van der Waals surface area contributed by atoms with Crippen LogP contribution in [0.5, 0.6) is 0 Å². The lowest BCUT2D eigenvalue weighted by Crippen LogP contribution is -2.42. The number of amides is 1. The topological polar surface area (TPSA) is 74.9 Å². The van der Waals surface area contributed by atoms with Gasteiger partial charge in [0.15, 0.2) is 17.4 Å². The van der Waals surface area contributed by atoms with E-state index in [0.717, 1.165) is 36.5 Å². The van der Waals surface area contributed by atoms with Crippen LogP contribution in [0, 0.1) is 11.6 Å². The molecule has 1 amide bonds. The van der Waals surface area contributed by atoms with Crippen LogP contribution in [-0.4, -0.2) is 48.3 Å². The number of hydrogen-bond acceptors (Lipinski definition) is 5. The first kappa shape index (κ1) is 23.0. The Kier molecular flexibility index (Phi) is 6.38. The van der Waals surface area contributed by atoms with Gasteiger partial charge in [0.1, 0.15) is 5.58 Å². The highest BCUT2D eigenvalue weighted by Gasteiger charge is 2.34. The lowest BCUT2D eigenvalue weighted by atomic mass is 9.84. The standard InChI is InChI=1S/C26H28F2N2O4/c27-21-5-3-17(12-22(21)28)16-30-9-7-26(32,8-10-30)19-4-6-23-18(13-19)14-24(34-23)25(31)29-15-20-2-1-11-33-20/h3-6,12-14,20,32H,1-2,7-11,15-16H2,(H,29,31)/t20-/m0/s1. The summed E-state index contributed by atoms with van der Waals surface area (Å²) in [6, 6.07) is 11.1. The molecule has 2 saturated heterocycles. The second-order valence-electron chi connectivity index (χ2n) is 9.26. The molecule has 5 rings (SSSR count). The van der Waals surface area contributed by atoms with Crippen LogP contribution in [0.1, 0.15) is 47.4 Å². The van der Waals surface area contributed by atoms with Gasteiger partial charge in [0.2, 0.25) is 0 Å². The molecule has 1 aromatic heterocycles. The molecule has 180 valence electrons. The van der Waals surface area contributed by atoms with Gasteiger partial charge in [-0.2, -0.15) is 0 Å². The van der Waals surface area contributed by atoms with Gasteiger partial charge >= 0.3 is 0 Å². The third-order valence-electron chi connectivity index (χ3n) is 6.87. The van der Waals surface area contributed by atoms with E-state index < -0.39 is 17.2 Å². The first-order chi connectivity index (χ1) is 16.4. The fraction of sp³-hybridized carbons (Fsp3) is 0.423. The molecule has 2 aromatic carbocycles. The summed E-state index contributed by atoms with van der Waals surface area (Å²) in [7, 11) is 0. The zero-order chi connectivity index (χ0) is 23.7. The van der Waals surface area contributed by atoms with Crippen molar-refractivity contribution in [3.63, 3.8) is 0 Å². The normalized spacial score (nSPS) is 20.6. The predicted molar refractivity (Wildman–Crippen MR) is 122 cm³/mol. The van der Waals surface area contributed by atoms with Crippen LogP contribution in [0.25, 0.3) is 11.0 Å². The summed E-state index contributed by atoms with van der Waals surface area (Å²) in [4.78, 5) is 14.6. The second kappa shape index (κ2) is 9.44. The minimum absolute atomic E-state index is 0.0575. The molecule has 0 bridgehead atoms. The second-order valence-corrected chi connectivity index (χ2v) is 9.26. The molecule has 0 aliphatic carbocycles. The Labute approximate surface area is 196 Å². The average Bonchev–Trinajstić information content (AvgIpc) is 3.51. The lowest BCUT2D eigenvalue weighted by molar-refractivity contribution is -0.0276. The number of benzene rings is 2. The van der Waals surface area contributed by atoms with Crippen molar-refractivity contribution < 1.29 is 27.8 Å². The van der Waals surface area contributed by atoms with Gasteiger partial charge in [0.05, 0.1) is 11.7 Å². The van der Waals surface area contributed by atoms with Crippen LogP contribution in [0.15, 0.2) is 46.9 Å². The number of halogens is 2. The number of aliphatic hydroxyl groups is 1. The van der Waals surface area contributed by atoms with Crippen LogP contribution >= 0.6 is 0 Å². The maximum atomic E-state index is 13.5. The van der Waals surface area contributed by atoms with E-state index in [2.05, 4.69) is 10.2 Å². The lowest BCUT2D eigenvalue weighted by Gasteiger charge is -2.38. The number of piperidine rings is 1. The summed E-state index contributed by atoms with van der Waals surface area (Å²) >= 11 is 0. The molecule has 6 nitrogen and oxygen atoms in total. The molecule has 2 N–H and O–H groups in total. The summed E-state index contributed by atoms with van der Waals surface area (Å²) in [5.74, 6) is -1.75. The van der Waals surface area contributed by atoms with Gasteiger partial charge in [-0.3, -0.25) is 9.69 Å². The molecule has 0 saturated carbocycles. The molecule has 2 aliphatic rings. The summed E-state index contributed by atoms with van der Waals surface area (Å²) in [6.07, 6.45) is 3.03. The number of furan rings is 1. The van der Waals surface area contributed by atoms with E-state index in [4.69, 9.17) is 9.15 Å². The number of ether oxygens (including phenoxy) is 1. The summed E-state index contributed by atoms with van der Waals surface area (Å²) < 4.78 is 37.9. The zero-order valence-electron chi connectivity index (χ0n) is 18.9. The van der Waals surface area contributed by atoms with Crippen LogP contribution in [0.4, 0.5) is 8.78 Å². The third kappa shape index (κ3) is 4.85. The van der Waals surface area contributed by atoms with Crippen molar-refractivity contribution in [1.29, 1.82) is 0 Å². The van der Waals surface area contributed by atoms with Crippen LogP contribution in [0.3, 0.4) is 0 Å². The Balaban J connectivity index is 1.22. The fourth-order valence-electron chi connectivity index (χ4n) is 4.81. The molecule has 8 heteroatoms. The Hall–Kier alpha value is -2.81. The third-order valence-corrected chi connectivity index (χ3v) is 6.87. The molecule has 1 atom stereocenters. The summed E-state index contributed by atoms with van der Waals surface area (Å²) in [5.41, 5.74) is 1.07. The average molecular weight is 471 g/mol. The Morgan fingerprint density at radius 3 is 2.68 bits per heavy atom. The van der Waals surface area contributed by atoms with Crippen molar-refractivity contribution in [2.75, 3.05) is 26.2 Å². The maximum Gasteiger partial charge on any atom is 0.287 e. The number of carbonyl (C=O) groups excluding carboxylic acids is 1. The van der Waals surface area contributed by atoms with Crippen molar-refractivity contribution >= 4 is 16.9 Å². The van der Waals surface area contributed by atoms with Gasteiger partial charge in [0, 0.05) is 38.2 Å². The van der Waals surface area contributed by atoms with Crippen molar-refractivity contribution in [1.82, 2.24) is 10.2 Å². The molecule has 2 aliphatic heterocycles. The van der Waals surface area contributed by atoms with Gasteiger partial charge < -0.3 is 19.6 Å². The summed E-state index contributed by atoms with van der Waals surface area (Å²) in [6.45, 7) is 2.94. The quantitative estimate of drug-likeness (QED) is 0.567. The largest absolute Gasteiger partial charge is 0.451 e. The van der Waals surface area contributed by atoms with E-state index >= 15 is 0 Å². The molecule has 34 heavy (non-hydrogen) atoms. The van der Waals surface area contributed by atoms with E-state index in [1.165, 1.54) is 6.07 Å². The van der Waals surface area contributed by atoms with E-state index in [0.29, 0.717) is 50.2 Å². The van der Waals surface area contributed by atoms with Crippen LogP contribution < -0.4 is 5.32 Å². The molecule has 2 fully saturated rings. The monoisotopic (exact) mass is 470 g/mol. The molecular weight excluding hydrogens is 442 g/mol. The molecule has 3 heterocycles. The zero-order valence-corrected chi connectivity index (χ0v) is 18.9.